The van der Waals surface area contributed by atoms with Crippen LogP contribution in [0.5, 0.6) is 0 Å². The molecular formula is C13H10Br2ClN. The van der Waals surface area contributed by atoms with Crippen molar-refractivity contribution >= 4 is 43.5 Å². The third-order valence-electron chi connectivity index (χ3n) is 2.42. The second kappa shape index (κ2) is 5.98. The van der Waals surface area contributed by atoms with Crippen molar-refractivity contribution in [2.24, 2.45) is 0 Å². The van der Waals surface area contributed by atoms with Crippen LogP contribution in [0.25, 0.3) is 0 Å². The van der Waals surface area contributed by atoms with Crippen molar-refractivity contribution in [1.29, 1.82) is 0 Å². The fraction of sp³-hybridized carbons (Fsp3) is 0.154. The zero-order chi connectivity index (χ0) is 12.3. The van der Waals surface area contributed by atoms with Crippen LogP contribution in [0, 0.1) is 0 Å². The summed E-state index contributed by atoms with van der Waals surface area (Å²) in [4.78, 5) is 4.56. The SMILES string of the molecule is Clc1ccc(C(Br)Cc2ccccn2)cc1Br. The van der Waals surface area contributed by atoms with Crippen molar-refractivity contribution in [3.63, 3.8) is 0 Å². The van der Waals surface area contributed by atoms with Gasteiger partial charge in [-0.2, -0.15) is 0 Å². The van der Waals surface area contributed by atoms with E-state index in [2.05, 4.69) is 36.8 Å². The van der Waals surface area contributed by atoms with Gasteiger partial charge in [-0.1, -0.05) is 39.7 Å². The van der Waals surface area contributed by atoms with Gasteiger partial charge in [0.2, 0.25) is 0 Å². The van der Waals surface area contributed by atoms with Crippen LogP contribution in [0.4, 0.5) is 0 Å². The van der Waals surface area contributed by atoms with Gasteiger partial charge in [0.05, 0.1) is 5.02 Å². The maximum atomic E-state index is 5.97. The van der Waals surface area contributed by atoms with Crippen molar-refractivity contribution in [2.45, 2.75) is 11.2 Å². The molecule has 1 aromatic heterocycles. The van der Waals surface area contributed by atoms with E-state index in [0.717, 1.165) is 21.6 Å². The van der Waals surface area contributed by atoms with Crippen LogP contribution in [-0.4, -0.2) is 4.98 Å². The molecule has 1 heterocycles. The Morgan fingerprint density at radius 3 is 2.71 bits per heavy atom. The third-order valence-corrected chi connectivity index (χ3v) is 4.49. The smallest absolute Gasteiger partial charge is 0.0548 e. The lowest BCUT2D eigenvalue weighted by molar-refractivity contribution is 0.904. The van der Waals surface area contributed by atoms with Gasteiger partial charge in [-0.15, -0.1) is 0 Å². The minimum absolute atomic E-state index is 0.242. The maximum absolute atomic E-state index is 5.97. The molecule has 0 aliphatic carbocycles. The molecule has 0 aliphatic heterocycles. The van der Waals surface area contributed by atoms with Crippen molar-refractivity contribution in [1.82, 2.24) is 4.98 Å². The standard InChI is InChI=1S/C13H10Br2ClN/c14-11(8-10-3-1-2-6-17-10)9-4-5-13(16)12(15)7-9/h1-7,11H,8H2. The number of halogens is 3. The Balaban J connectivity index is 2.14. The number of rotatable bonds is 3. The van der Waals surface area contributed by atoms with Crippen LogP contribution in [-0.2, 0) is 6.42 Å². The number of nitrogens with zero attached hydrogens (tertiary/aromatic N) is 1. The first-order valence-corrected chi connectivity index (χ1v) is 7.24. The Morgan fingerprint density at radius 1 is 1.24 bits per heavy atom. The highest BCUT2D eigenvalue weighted by atomic mass is 79.9. The minimum Gasteiger partial charge on any atom is -0.261 e. The second-order valence-electron chi connectivity index (χ2n) is 3.67. The molecule has 1 unspecified atom stereocenters. The molecule has 1 aromatic carbocycles. The summed E-state index contributed by atoms with van der Waals surface area (Å²) in [5.41, 5.74) is 2.26. The lowest BCUT2D eigenvalue weighted by Gasteiger charge is -2.10. The van der Waals surface area contributed by atoms with E-state index in [1.54, 1.807) is 0 Å². The van der Waals surface area contributed by atoms with E-state index in [1.807, 2.05) is 42.6 Å². The Hall–Kier alpha value is -0.380. The molecule has 0 spiro atoms. The van der Waals surface area contributed by atoms with E-state index < -0.39 is 0 Å². The normalized spacial score (nSPS) is 12.4. The minimum atomic E-state index is 0.242. The van der Waals surface area contributed by atoms with Gasteiger partial charge in [-0.05, 0) is 45.8 Å². The highest BCUT2D eigenvalue weighted by molar-refractivity contribution is 9.10. The molecule has 0 aliphatic rings. The zero-order valence-electron chi connectivity index (χ0n) is 8.91. The van der Waals surface area contributed by atoms with Crippen molar-refractivity contribution in [3.05, 3.63) is 63.3 Å². The first-order chi connectivity index (χ1) is 8.16. The lowest BCUT2D eigenvalue weighted by atomic mass is 10.1. The molecule has 17 heavy (non-hydrogen) atoms. The van der Waals surface area contributed by atoms with Crippen molar-refractivity contribution in [3.8, 4) is 0 Å². The summed E-state index contributed by atoms with van der Waals surface area (Å²) in [6, 6.07) is 11.9. The zero-order valence-corrected chi connectivity index (χ0v) is 12.8. The average molecular weight is 375 g/mol. The van der Waals surface area contributed by atoms with Gasteiger partial charge in [0.15, 0.2) is 0 Å². The highest BCUT2D eigenvalue weighted by Gasteiger charge is 2.10. The highest BCUT2D eigenvalue weighted by Crippen LogP contribution is 2.31. The van der Waals surface area contributed by atoms with E-state index in [9.17, 15) is 0 Å². The molecule has 2 aromatic rings. The van der Waals surface area contributed by atoms with Gasteiger partial charge in [0.1, 0.15) is 0 Å². The number of benzene rings is 1. The predicted molar refractivity (Wildman–Crippen MR) is 78.8 cm³/mol. The van der Waals surface area contributed by atoms with Gasteiger partial charge in [0.25, 0.3) is 0 Å². The first kappa shape index (κ1) is 13.1. The summed E-state index contributed by atoms with van der Waals surface area (Å²) in [5, 5.41) is 0.728. The van der Waals surface area contributed by atoms with E-state index >= 15 is 0 Å². The van der Waals surface area contributed by atoms with Gasteiger partial charge in [-0.3, -0.25) is 4.98 Å². The van der Waals surface area contributed by atoms with E-state index in [0.29, 0.717) is 0 Å². The van der Waals surface area contributed by atoms with Gasteiger partial charge in [-0.25, -0.2) is 0 Å². The number of alkyl halides is 1. The molecule has 1 atom stereocenters. The van der Waals surface area contributed by atoms with Crippen molar-refractivity contribution in [2.75, 3.05) is 0 Å². The molecule has 0 bridgehead atoms. The van der Waals surface area contributed by atoms with E-state index in [1.165, 1.54) is 5.56 Å². The molecule has 2 rings (SSSR count). The summed E-state index contributed by atoms with van der Waals surface area (Å²) < 4.78 is 0.919. The molecule has 0 radical (unpaired) electrons. The first-order valence-electron chi connectivity index (χ1n) is 5.16. The summed E-state index contributed by atoms with van der Waals surface area (Å²) >= 11 is 13.1. The van der Waals surface area contributed by atoms with Gasteiger partial charge in [0, 0.05) is 27.6 Å². The van der Waals surface area contributed by atoms with Crippen LogP contribution in [0.2, 0.25) is 5.02 Å². The fourth-order valence-corrected chi connectivity index (χ4v) is 2.66. The summed E-state index contributed by atoms with van der Waals surface area (Å²) in [7, 11) is 0. The number of aromatic nitrogens is 1. The van der Waals surface area contributed by atoms with Crippen LogP contribution in [0.15, 0.2) is 47.1 Å². The largest absolute Gasteiger partial charge is 0.261 e. The van der Waals surface area contributed by atoms with Crippen LogP contribution < -0.4 is 0 Å². The molecule has 0 saturated carbocycles. The second-order valence-corrected chi connectivity index (χ2v) is 6.03. The summed E-state index contributed by atoms with van der Waals surface area (Å²) in [5.74, 6) is 0. The average Bonchev–Trinajstić information content (AvgIpc) is 2.34. The summed E-state index contributed by atoms with van der Waals surface area (Å²) in [6.07, 6.45) is 2.67. The van der Waals surface area contributed by atoms with E-state index in [-0.39, 0.29) is 4.83 Å². The Bertz CT molecular complexity index is 502. The predicted octanol–water partition coefficient (Wildman–Crippen LogP) is 5.18. The molecule has 0 saturated heterocycles. The monoisotopic (exact) mass is 373 g/mol. The molecular weight excluding hydrogens is 365 g/mol. The van der Waals surface area contributed by atoms with Crippen LogP contribution >= 0.6 is 43.5 Å². The maximum Gasteiger partial charge on any atom is 0.0548 e. The van der Waals surface area contributed by atoms with Gasteiger partial charge < -0.3 is 0 Å². The Morgan fingerprint density at radius 2 is 2.06 bits per heavy atom. The molecule has 0 amide bonds. The number of hydrogen-bond acceptors (Lipinski definition) is 1. The molecule has 0 N–H and O–H groups in total. The van der Waals surface area contributed by atoms with Gasteiger partial charge >= 0.3 is 0 Å². The van der Waals surface area contributed by atoms with Crippen LogP contribution in [0.1, 0.15) is 16.1 Å². The Labute approximate surface area is 122 Å². The third kappa shape index (κ3) is 3.54. The number of pyridine rings is 1. The molecule has 0 fully saturated rings. The fourth-order valence-electron chi connectivity index (χ4n) is 1.53. The Kier molecular flexibility index (Phi) is 4.60. The lowest BCUT2D eigenvalue weighted by Crippen LogP contribution is -1.97. The molecule has 4 heteroatoms. The molecule has 88 valence electrons. The quantitative estimate of drug-likeness (QED) is 0.674. The van der Waals surface area contributed by atoms with E-state index in [4.69, 9.17) is 11.6 Å². The topological polar surface area (TPSA) is 12.9 Å². The molecule has 1 nitrogen and oxygen atoms in total. The van der Waals surface area contributed by atoms with Crippen molar-refractivity contribution < 1.29 is 0 Å². The van der Waals surface area contributed by atoms with Crippen LogP contribution in [0.3, 0.4) is 0 Å². The summed E-state index contributed by atoms with van der Waals surface area (Å²) in [6.45, 7) is 0. The number of hydrogen-bond donors (Lipinski definition) is 0.